The van der Waals surface area contributed by atoms with E-state index >= 15 is 0 Å². The van der Waals surface area contributed by atoms with Crippen molar-refractivity contribution in [3.8, 4) is 0 Å². The number of thioether (sulfide) groups is 1. The molecule has 0 aliphatic carbocycles. The molecule has 0 unspecified atom stereocenters. The number of halogens is 2. The molecule has 2 rings (SSSR count). The Balaban J connectivity index is 2.00. The third kappa shape index (κ3) is 7.50. The molecule has 2 aromatic rings. The molecule has 0 heterocycles. The summed E-state index contributed by atoms with van der Waals surface area (Å²) in [6, 6.07) is 9.64. The van der Waals surface area contributed by atoms with Gasteiger partial charge in [-0.15, -0.1) is 0 Å². The van der Waals surface area contributed by atoms with E-state index in [0.29, 0.717) is 13.2 Å². The number of para-hydroxylation sites is 1. The van der Waals surface area contributed by atoms with E-state index < -0.39 is 29.2 Å². The van der Waals surface area contributed by atoms with E-state index in [9.17, 15) is 28.5 Å². The van der Waals surface area contributed by atoms with Gasteiger partial charge >= 0.3 is 5.97 Å². The molecule has 0 radical (unpaired) electrons. The van der Waals surface area contributed by atoms with Crippen LogP contribution in [0.25, 0.3) is 0 Å². The summed E-state index contributed by atoms with van der Waals surface area (Å²) in [5.74, 6) is -4.36. The van der Waals surface area contributed by atoms with Crippen LogP contribution in [-0.2, 0) is 14.3 Å². The lowest BCUT2D eigenvalue weighted by molar-refractivity contribution is -0.384. The molecule has 0 saturated heterocycles. The largest absolute Gasteiger partial charge is 0.452 e. The summed E-state index contributed by atoms with van der Waals surface area (Å²) in [6.07, 6.45) is 0. The number of nitro benzene ring substituents is 1. The van der Waals surface area contributed by atoms with Gasteiger partial charge in [0.2, 0.25) is 0 Å². The molecule has 0 atom stereocenters. The Morgan fingerprint density at radius 1 is 1.19 bits per heavy atom. The molecule has 0 aliphatic rings. The summed E-state index contributed by atoms with van der Waals surface area (Å²) in [5, 5.41) is 16.5. The van der Waals surface area contributed by atoms with Gasteiger partial charge in [-0.1, -0.05) is 23.9 Å². The predicted octanol–water partition coefficient (Wildman–Crippen LogP) is 3.76. The van der Waals surface area contributed by atoms with Crippen molar-refractivity contribution in [2.24, 2.45) is 0 Å². The molecule has 9 nitrogen and oxygen atoms in total. The third-order valence-corrected chi connectivity index (χ3v) is 4.55. The number of hydrogen-bond donors (Lipinski definition) is 2. The first kappa shape index (κ1) is 24.0. The van der Waals surface area contributed by atoms with Gasteiger partial charge in [0.1, 0.15) is 5.69 Å². The van der Waals surface area contributed by atoms with Crippen molar-refractivity contribution in [3.05, 3.63) is 58.1 Å². The van der Waals surface area contributed by atoms with Gasteiger partial charge < -0.3 is 20.1 Å². The van der Waals surface area contributed by atoms with E-state index in [1.165, 1.54) is 31.4 Å². The van der Waals surface area contributed by atoms with Gasteiger partial charge in [0, 0.05) is 24.6 Å². The SMILES string of the molecule is COCCNc1ccc(C(=O)OCC(=O)Nc2ccccc2SC(F)F)cc1[N+](=O)[O-]. The third-order valence-electron chi connectivity index (χ3n) is 3.76. The van der Waals surface area contributed by atoms with Crippen LogP contribution in [-0.4, -0.2) is 49.4 Å². The van der Waals surface area contributed by atoms with E-state index in [0.717, 1.165) is 6.07 Å². The van der Waals surface area contributed by atoms with E-state index in [1.807, 2.05) is 0 Å². The Labute approximate surface area is 180 Å². The molecule has 0 fully saturated rings. The molecule has 0 spiro atoms. The van der Waals surface area contributed by atoms with Gasteiger partial charge in [-0.05, 0) is 24.3 Å². The smallest absolute Gasteiger partial charge is 0.338 e. The van der Waals surface area contributed by atoms with Gasteiger partial charge in [0.05, 0.1) is 22.8 Å². The molecule has 166 valence electrons. The number of carbonyl (C=O) groups excluding carboxylic acids is 2. The lowest BCUT2D eigenvalue weighted by atomic mass is 10.1. The van der Waals surface area contributed by atoms with E-state index in [-0.39, 0.29) is 39.3 Å². The van der Waals surface area contributed by atoms with Gasteiger partial charge in [-0.3, -0.25) is 14.9 Å². The highest BCUT2D eigenvalue weighted by molar-refractivity contribution is 7.99. The summed E-state index contributed by atoms with van der Waals surface area (Å²) in [4.78, 5) is 35.0. The Hall–Kier alpha value is -3.25. The van der Waals surface area contributed by atoms with Crippen LogP contribution >= 0.6 is 11.8 Å². The number of hydrogen-bond acceptors (Lipinski definition) is 8. The maximum atomic E-state index is 12.6. The van der Waals surface area contributed by atoms with Gasteiger partial charge in [0.15, 0.2) is 6.61 Å². The van der Waals surface area contributed by atoms with Gasteiger partial charge in [0.25, 0.3) is 17.4 Å². The van der Waals surface area contributed by atoms with Crippen molar-refractivity contribution in [1.29, 1.82) is 0 Å². The second-order valence-electron chi connectivity index (χ2n) is 5.91. The summed E-state index contributed by atoms with van der Waals surface area (Å²) < 4.78 is 35.0. The number of carbonyl (C=O) groups is 2. The lowest BCUT2D eigenvalue weighted by Gasteiger charge is -2.11. The molecule has 0 bridgehead atoms. The summed E-state index contributed by atoms with van der Waals surface area (Å²) in [7, 11) is 1.49. The average Bonchev–Trinajstić information content (AvgIpc) is 2.73. The topological polar surface area (TPSA) is 120 Å². The van der Waals surface area contributed by atoms with Crippen molar-refractivity contribution < 1.29 is 32.8 Å². The van der Waals surface area contributed by atoms with E-state index in [4.69, 9.17) is 9.47 Å². The van der Waals surface area contributed by atoms with Crippen molar-refractivity contribution in [3.63, 3.8) is 0 Å². The second-order valence-corrected chi connectivity index (χ2v) is 6.94. The minimum atomic E-state index is -2.67. The summed E-state index contributed by atoms with van der Waals surface area (Å²) in [6.45, 7) is -0.0459. The highest BCUT2D eigenvalue weighted by Crippen LogP contribution is 2.31. The zero-order valence-corrected chi connectivity index (χ0v) is 17.1. The molecule has 0 aromatic heterocycles. The highest BCUT2D eigenvalue weighted by Gasteiger charge is 2.19. The molecule has 1 amide bonds. The number of amides is 1. The molecule has 0 saturated carbocycles. The fourth-order valence-electron chi connectivity index (χ4n) is 2.42. The Bertz CT molecular complexity index is 945. The first-order valence-corrected chi connectivity index (χ1v) is 9.72. The molecular formula is C19H19F2N3O6S. The van der Waals surface area contributed by atoms with Crippen LogP contribution in [0.5, 0.6) is 0 Å². The maximum absolute atomic E-state index is 12.6. The molecule has 12 heteroatoms. The number of ether oxygens (including phenoxy) is 2. The van der Waals surface area contributed by atoms with Crippen molar-refractivity contribution in [2.45, 2.75) is 10.7 Å². The minimum absolute atomic E-state index is 0.120. The number of nitrogens with one attached hydrogen (secondary N) is 2. The normalized spacial score (nSPS) is 10.6. The number of esters is 1. The monoisotopic (exact) mass is 455 g/mol. The highest BCUT2D eigenvalue weighted by atomic mass is 32.2. The lowest BCUT2D eigenvalue weighted by Crippen LogP contribution is -2.21. The Kier molecular flexibility index (Phi) is 9.15. The van der Waals surface area contributed by atoms with Crippen LogP contribution in [0.3, 0.4) is 0 Å². The van der Waals surface area contributed by atoms with Gasteiger partial charge in [-0.2, -0.15) is 8.78 Å². The zero-order valence-electron chi connectivity index (χ0n) is 16.3. The number of nitrogens with zero attached hydrogens (tertiary/aromatic N) is 1. The Morgan fingerprint density at radius 3 is 2.61 bits per heavy atom. The Morgan fingerprint density at radius 2 is 1.94 bits per heavy atom. The number of nitro groups is 1. The first-order valence-electron chi connectivity index (χ1n) is 8.84. The molecule has 2 aromatic carbocycles. The molecule has 31 heavy (non-hydrogen) atoms. The second kappa shape index (κ2) is 11.8. The standard InChI is InChI=1S/C19H19F2N3O6S/c1-29-9-8-22-13-7-6-12(10-15(13)24(27)28)18(26)30-11-17(25)23-14-4-2-3-5-16(14)31-19(20)21/h2-7,10,19,22H,8-9,11H2,1H3,(H,23,25). The molecule has 2 N–H and O–H groups in total. The fraction of sp³-hybridized carbons (Fsp3) is 0.263. The van der Waals surface area contributed by atoms with Crippen molar-refractivity contribution >= 4 is 40.7 Å². The maximum Gasteiger partial charge on any atom is 0.338 e. The molecule has 0 aliphatic heterocycles. The van der Waals surface area contributed by atoms with Crippen LogP contribution in [0.2, 0.25) is 0 Å². The van der Waals surface area contributed by atoms with Crippen LogP contribution in [0.4, 0.5) is 25.8 Å². The minimum Gasteiger partial charge on any atom is -0.452 e. The predicted molar refractivity (Wildman–Crippen MR) is 111 cm³/mol. The quantitative estimate of drug-likeness (QED) is 0.173. The van der Waals surface area contributed by atoms with Crippen molar-refractivity contribution in [1.82, 2.24) is 0 Å². The number of anilines is 2. The summed E-state index contributed by atoms with van der Waals surface area (Å²) in [5.41, 5.74) is -0.112. The van der Waals surface area contributed by atoms with Crippen LogP contribution in [0.15, 0.2) is 47.4 Å². The van der Waals surface area contributed by atoms with Crippen LogP contribution in [0.1, 0.15) is 10.4 Å². The fourth-order valence-corrected chi connectivity index (χ4v) is 3.01. The van der Waals surface area contributed by atoms with Crippen molar-refractivity contribution in [2.75, 3.05) is 37.5 Å². The zero-order chi connectivity index (χ0) is 22.8. The van der Waals surface area contributed by atoms with Crippen LogP contribution in [0, 0.1) is 10.1 Å². The average molecular weight is 455 g/mol. The number of methoxy groups -OCH3 is 1. The first-order chi connectivity index (χ1) is 14.8. The van der Waals surface area contributed by atoms with Crippen LogP contribution < -0.4 is 10.6 Å². The molecular weight excluding hydrogens is 436 g/mol. The van der Waals surface area contributed by atoms with Gasteiger partial charge in [-0.25, -0.2) is 4.79 Å². The number of benzene rings is 2. The van der Waals surface area contributed by atoms with E-state index in [1.54, 1.807) is 12.1 Å². The summed E-state index contributed by atoms with van der Waals surface area (Å²) >= 11 is 0.267. The van der Waals surface area contributed by atoms with E-state index in [2.05, 4.69) is 10.6 Å². The number of rotatable bonds is 11. The number of alkyl halides is 2.